The van der Waals surface area contributed by atoms with Crippen LogP contribution in [0.25, 0.3) is 0 Å². The van der Waals surface area contributed by atoms with Gasteiger partial charge < -0.3 is 25.1 Å². The van der Waals surface area contributed by atoms with Gasteiger partial charge in [-0.15, -0.1) is 0 Å². The Morgan fingerprint density at radius 2 is 1.59 bits per heavy atom. The first-order chi connectivity index (χ1) is 7.52. The molecule has 0 aliphatic heterocycles. The van der Waals surface area contributed by atoms with Crippen LogP contribution in [-0.4, -0.2) is 62.1 Å². The second-order valence-electron chi connectivity index (χ2n) is 3.91. The van der Waals surface area contributed by atoms with Gasteiger partial charge >= 0.3 is 37.7 Å². The normalized spacial score (nSPS) is 23.3. The molecule has 1 aliphatic carbocycles. The Bertz CT molecular complexity index is 307. The molecule has 0 heterocycles. The molecule has 2 unspecified atom stereocenters. The van der Waals surface area contributed by atoms with Crippen molar-refractivity contribution in [2.45, 2.75) is 25.7 Å². The van der Waals surface area contributed by atoms with E-state index >= 15 is 0 Å². The minimum Gasteiger partial charge on any atom is -0.550 e. The molecular weight excluding hydrogens is 254 g/mol. The molecule has 0 aromatic rings. The molecule has 90 valence electrons. The maximum atomic E-state index is 11.5. The summed E-state index contributed by atoms with van der Waals surface area (Å²) in [6.07, 6.45) is 2.39. The van der Waals surface area contributed by atoms with Gasteiger partial charge in [-0.05, 0) is 12.8 Å². The SMILES string of the molecule is O=C([O-])CNC(=O)C1CCCCC1C(=O)[O-].[Ca+2]. The van der Waals surface area contributed by atoms with Crippen LogP contribution in [0.1, 0.15) is 25.7 Å². The number of amides is 1. The summed E-state index contributed by atoms with van der Waals surface area (Å²) in [5.41, 5.74) is 0. The number of carboxylic acids is 2. The maximum Gasteiger partial charge on any atom is 2.00 e. The van der Waals surface area contributed by atoms with Crippen LogP contribution in [0.15, 0.2) is 0 Å². The van der Waals surface area contributed by atoms with Gasteiger partial charge in [0.15, 0.2) is 0 Å². The number of hydrogen-bond donors (Lipinski definition) is 1. The van der Waals surface area contributed by atoms with E-state index in [-0.39, 0.29) is 37.7 Å². The van der Waals surface area contributed by atoms with Gasteiger partial charge in [0.1, 0.15) is 0 Å². The average Bonchev–Trinajstić information content (AvgIpc) is 2.25. The summed E-state index contributed by atoms with van der Waals surface area (Å²) in [5, 5.41) is 23.1. The molecule has 17 heavy (non-hydrogen) atoms. The van der Waals surface area contributed by atoms with E-state index in [1.165, 1.54) is 0 Å². The van der Waals surface area contributed by atoms with E-state index in [9.17, 15) is 24.6 Å². The van der Waals surface area contributed by atoms with Gasteiger partial charge in [-0.25, -0.2) is 0 Å². The third-order valence-electron chi connectivity index (χ3n) is 2.81. The maximum absolute atomic E-state index is 11.5. The molecule has 1 rings (SSSR count). The van der Waals surface area contributed by atoms with E-state index in [1.54, 1.807) is 0 Å². The second-order valence-corrected chi connectivity index (χ2v) is 3.91. The third-order valence-corrected chi connectivity index (χ3v) is 2.81. The number of hydrogen-bond acceptors (Lipinski definition) is 5. The van der Waals surface area contributed by atoms with Crippen molar-refractivity contribution >= 4 is 55.6 Å². The van der Waals surface area contributed by atoms with Gasteiger partial charge in [0.2, 0.25) is 5.91 Å². The predicted molar refractivity (Wildman–Crippen MR) is 54.2 cm³/mol. The van der Waals surface area contributed by atoms with Crippen LogP contribution in [0.4, 0.5) is 0 Å². The van der Waals surface area contributed by atoms with Gasteiger partial charge in [0.25, 0.3) is 0 Å². The van der Waals surface area contributed by atoms with E-state index in [4.69, 9.17) is 0 Å². The van der Waals surface area contributed by atoms with Crippen molar-refractivity contribution in [3.05, 3.63) is 0 Å². The Balaban J connectivity index is 0.00000256. The molecular formula is C10H13CaNO5. The minimum atomic E-state index is -1.39. The van der Waals surface area contributed by atoms with Gasteiger partial charge in [-0.2, -0.15) is 0 Å². The number of nitrogens with one attached hydrogen (secondary N) is 1. The molecule has 7 heteroatoms. The van der Waals surface area contributed by atoms with Crippen LogP contribution in [0.2, 0.25) is 0 Å². The first-order valence-electron chi connectivity index (χ1n) is 5.20. The second kappa shape index (κ2) is 7.89. The number of carboxylic acid groups (broad SMARTS) is 2. The fraction of sp³-hybridized carbons (Fsp3) is 0.700. The molecule has 0 saturated heterocycles. The molecule has 0 radical (unpaired) electrons. The van der Waals surface area contributed by atoms with Crippen molar-refractivity contribution in [1.82, 2.24) is 5.32 Å². The summed E-state index contributed by atoms with van der Waals surface area (Å²) in [5.74, 6) is -4.67. The Kier molecular flexibility index (Phi) is 7.74. The van der Waals surface area contributed by atoms with Crippen molar-refractivity contribution in [2.75, 3.05) is 6.54 Å². The van der Waals surface area contributed by atoms with E-state index in [0.29, 0.717) is 12.8 Å². The van der Waals surface area contributed by atoms with Crippen LogP contribution in [0, 0.1) is 11.8 Å². The zero-order valence-electron chi connectivity index (χ0n) is 9.44. The van der Waals surface area contributed by atoms with E-state index in [1.807, 2.05) is 0 Å². The first-order valence-corrected chi connectivity index (χ1v) is 5.20. The predicted octanol–water partition coefficient (Wildman–Crippen LogP) is -2.97. The van der Waals surface area contributed by atoms with Gasteiger partial charge in [-0.1, -0.05) is 12.8 Å². The summed E-state index contributed by atoms with van der Waals surface area (Å²) in [6, 6.07) is 0. The Morgan fingerprint density at radius 1 is 1.06 bits per heavy atom. The van der Waals surface area contributed by atoms with Crippen molar-refractivity contribution < 1.29 is 24.6 Å². The number of aliphatic carboxylic acids is 2. The Labute approximate surface area is 129 Å². The summed E-state index contributed by atoms with van der Waals surface area (Å²) in [4.78, 5) is 32.5. The molecule has 1 amide bonds. The van der Waals surface area contributed by atoms with Crippen LogP contribution < -0.4 is 15.5 Å². The molecule has 0 aromatic carbocycles. The van der Waals surface area contributed by atoms with Gasteiger partial charge in [-0.3, -0.25) is 4.79 Å². The fourth-order valence-electron chi connectivity index (χ4n) is 2.02. The van der Waals surface area contributed by atoms with Crippen molar-refractivity contribution in [3.63, 3.8) is 0 Å². The van der Waals surface area contributed by atoms with E-state index in [0.717, 1.165) is 12.8 Å². The largest absolute Gasteiger partial charge is 2.00 e. The number of carbonyl (C=O) groups excluding carboxylic acids is 3. The van der Waals surface area contributed by atoms with Gasteiger partial charge in [0.05, 0.1) is 12.5 Å². The Morgan fingerprint density at radius 3 is 2.06 bits per heavy atom. The fourth-order valence-corrected chi connectivity index (χ4v) is 2.02. The molecule has 0 spiro atoms. The van der Waals surface area contributed by atoms with Crippen LogP contribution in [0.3, 0.4) is 0 Å². The molecule has 1 aliphatic rings. The topological polar surface area (TPSA) is 109 Å². The number of carbonyl (C=O) groups is 3. The molecule has 2 atom stereocenters. The molecule has 1 fully saturated rings. The minimum absolute atomic E-state index is 0. The average molecular weight is 267 g/mol. The molecule has 6 nitrogen and oxygen atoms in total. The summed E-state index contributed by atoms with van der Waals surface area (Å²) in [7, 11) is 0. The first kappa shape index (κ1) is 16.7. The molecule has 0 aromatic heterocycles. The van der Waals surface area contributed by atoms with Crippen molar-refractivity contribution in [2.24, 2.45) is 11.8 Å². The quantitative estimate of drug-likeness (QED) is 0.547. The molecule has 1 N–H and O–H groups in total. The summed E-state index contributed by atoms with van der Waals surface area (Å²) < 4.78 is 0. The van der Waals surface area contributed by atoms with Crippen LogP contribution in [-0.2, 0) is 14.4 Å². The monoisotopic (exact) mass is 267 g/mol. The smallest absolute Gasteiger partial charge is 0.550 e. The number of rotatable bonds is 4. The zero-order valence-corrected chi connectivity index (χ0v) is 11.6. The van der Waals surface area contributed by atoms with Crippen LogP contribution in [0.5, 0.6) is 0 Å². The van der Waals surface area contributed by atoms with Crippen LogP contribution >= 0.6 is 0 Å². The zero-order chi connectivity index (χ0) is 12.1. The van der Waals surface area contributed by atoms with E-state index < -0.39 is 36.2 Å². The molecule has 0 bridgehead atoms. The van der Waals surface area contributed by atoms with Crippen molar-refractivity contribution in [1.29, 1.82) is 0 Å². The summed E-state index contributed by atoms with van der Waals surface area (Å²) in [6.45, 7) is -0.588. The van der Waals surface area contributed by atoms with E-state index in [2.05, 4.69) is 5.32 Å². The Hall–Kier alpha value is -0.330. The summed E-state index contributed by atoms with van der Waals surface area (Å²) >= 11 is 0. The molecule has 1 saturated carbocycles. The third kappa shape index (κ3) is 5.23. The van der Waals surface area contributed by atoms with Crippen molar-refractivity contribution in [3.8, 4) is 0 Å². The van der Waals surface area contributed by atoms with Gasteiger partial charge in [0, 0.05) is 17.8 Å². The standard InChI is InChI=1S/C10H15NO5.Ca/c12-8(13)5-11-9(14)6-3-1-2-4-7(6)10(15)16;/h6-7H,1-5H2,(H,11,14)(H,12,13)(H,15,16);/q;+2/p-2.